The molecule has 1 saturated heterocycles. The zero-order valence-electron chi connectivity index (χ0n) is 12.7. The minimum Gasteiger partial charge on any atom is -0.396 e. The van der Waals surface area contributed by atoms with Crippen LogP contribution in [0.15, 0.2) is 35.9 Å². The SMILES string of the molecule is C[C@]1(CCO)/C(=C/c2ccccc2)CCC[C@]12OCCS2. The van der Waals surface area contributed by atoms with Crippen molar-refractivity contribution in [3.63, 3.8) is 0 Å². The topological polar surface area (TPSA) is 29.5 Å². The van der Waals surface area contributed by atoms with Crippen molar-refractivity contribution in [3.05, 3.63) is 41.5 Å². The summed E-state index contributed by atoms with van der Waals surface area (Å²) in [7, 11) is 0. The number of aliphatic hydroxyl groups is 1. The molecule has 0 bridgehead atoms. The highest BCUT2D eigenvalue weighted by Gasteiger charge is 2.55. The molecule has 2 nitrogen and oxygen atoms in total. The molecular formula is C18H24O2S. The van der Waals surface area contributed by atoms with Crippen molar-refractivity contribution >= 4 is 17.8 Å². The first-order valence-electron chi connectivity index (χ1n) is 7.85. The van der Waals surface area contributed by atoms with Gasteiger partial charge in [-0.25, -0.2) is 0 Å². The van der Waals surface area contributed by atoms with Crippen LogP contribution in [-0.2, 0) is 4.74 Å². The van der Waals surface area contributed by atoms with Gasteiger partial charge < -0.3 is 9.84 Å². The molecule has 1 spiro atoms. The molecule has 2 atom stereocenters. The highest BCUT2D eigenvalue weighted by molar-refractivity contribution is 8.00. The second-order valence-electron chi connectivity index (χ2n) is 6.19. The highest BCUT2D eigenvalue weighted by Crippen LogP contribution is 2.59. The predicted octanol–water partition coefficient (Wildman–Crippen LogP) is 4.10. The zero-order valence-corrected chi connectivity index (χ0v) is 13.5. The van der Waals surface area contributed by atoms with Crippen molar-refractivity contribution in [1.29, 1.82) is 0 Å². The maximum atomic E-state index is 9.62. The Balaban J connectivity index is 2.00. The van der Waals surface area contributed by atoms with Crippen LogP contribution in [0.4, 0.5) is 0 Å². The van der Waals surface area contributed by atoms with Crippen molar-refractivity contribution < 1.29 is 9.84 Å². The summed E-state index contributed by atoms with van der Waals surface area (Å²) in [4.78, 5) is -0.130. The normalized spacial score (nSPS) is 34.7. The Labute approximate surface area is 131 Å². The van der Waals surface area contributed by atoms with Crippen LogP contribution >= 0.6 is 11.8 Å². The van der Waals surface area contributed by atoms with E-state index in [1.165, 1.54) is 17.6 Å². The van der Waals surface area contributed by atoms with Crippen LogP contribution in [0, 0.1) is 5.41 Å². The summed E-state index contributed by atoms with van der Waals surface area (Å²) >= 11 is 1.95. The predicted molar refractivity (Wildman–Crippen MR) is 89.2 cm³/mol. The average Bonchev–Trinajstić information content (AvgIpc) is 2.96. The fraction of sp³-hybridized carbons (Fsp3) is 0.556. The van der Waals surface area contributed by atoms with Crippen LogP contribution in [0.1, 0.15) is 38.2 Å². The number of hydrogen-bond donors (Lipinski definition) is 1. The number of ether oxygens (including phenoxy) is 1. The highest BCUT2D eigenvalue weighted by atomic mass is 32.2. The first-order chi connectivity index (χ1) is 10.2. The smallest absolute Gasteiger partial charge is 0.122 e. The van der Waals surface area contributed by atoms with Crippen molar-refractivity contribution in [1.82, 2.24) is 0 Å². The van der Waals surface area contributed by atoms with Gasteiger partial charge in [-0.15, -0.1) is 11.8 Å². The molecule has 2 fully saturated rings. The van der Waals surface area contributed by atoms with E-state index in [4.69, 9.17) is 4.74 Å². The van der Waals surface area contributed by atoms with Crippen LogP contribution < -0.4 is 0 Å². The number of benzene rings is 1. The Morgan fingerprint density at radius 1 is 1.33 bits per heavy atom. The molecule has 1 aromatic carbocycles. The lowest BCUT2D eigenvalue weighted by molar-refractivity contribution is -0.0530. The number of hydrogen-bond acceptors (Lipinski definition) is 3. The summed E-state index contributed by atoms with van der Waals surface area (Å²) in [5.74, 6) is 1.07. The molecule has 3 heteroatoms. The second kappa shape index (κ2) is 6.15. The number of thioether (sulfide) groups is 1. The monoisotopic (exact) mass is 304 g/mol. The van der Waals surface area contributed by atoms with Crippen LogP contribution in [-0.4, -0.2) is 29.0 Å². The van der Waals surface area contributed by atoms with Gasteiger partial charge in [0.15, 0.2) is 0 Å². The molecule has 0 aromatic heterocycles. The summed E-state index contributed by atoms with van der Waals surface area (Å²) < 4.78 is 6.23. The quantitative estimate of drug-likeness (QED) is 0.911. The van der Waals surface area contributed by atoms with Crippen LogP contribution in [0.25, 0.3) is 6.08 Å². The van der Waals surface area contributed by atoms with Gasteiger partial charge in [0.2, 0.25) is 0 Å². The minimum absolute atomic E-state index is 0.0724. The van der Waals surface area contributed by atoms with E-state index in [9.17, 15) is 5.11 Å². The molecule has 2 aliphatic rings. The molecular weight excluding hydrogens is 280 g/mol. The van der Waals surface area contributed by atoms with Crippen LogP contribution in [0.5, 0.6) is 0 Å². The van der Waals surface area contributed by atoms with E-state index in [1.807, 2.05) is 17.8 Å². The lowest BCUT2D eigenvalue weighted by atomic mass is 9.66. The Kier molecular flexibility index (Phi) is 4.43. The fourth-order valence-corrected chi connectivity index (χ4v) is 5.29. The second-order valence-corrected chi connectivity index (χ2v) is 7.55. The zero-order chi connectivity index (χ0) is 14.8. The summed E-state index contributed by atoms with van der Waals surface area (Å²) in [5.41, 5.74) is 2.61. The van der Waals surface area contributed by atoms with Crippen molar-refractivity contribution in [2.45, 2.75) is 37.5 Å². The lowest BCUT2D eigenvalue weighted by Crippen LogP contribution is -2.48. The molecule has 0 unspecified atom stereocenters. The molecule has 1 N–H and O–H groups in total. The first kappa shape index (κ1) is 15.1. The summed E-state index contributed by atoms with van der Waals surface area (Å²) in [6, 6.07) is 10.5. The van der Waals surface area contributed by atoms with Crippen LogP contribution in [0.2, 0.25) is 0 Å². The van der Waals surface area contributed by atoms with E-state index < -0.39 is 0 Å². The average molecular weight is 304 g/mol. The Hall–Kier alpha value is -0.770. The van der Waals surface area contributed by atoms with Gasteiger partial charge in [-0.05, 0) is 31.2 Å². The third-order valence-electron chi connectivity index (χ3n) is 5.01. The van der Waals surface area contributed by atoms with E-state index in [0.717, 1.165) is 31.6 Å². The largest absolute Gasteiger partial charge is 0.396 e. The minimum atomic E-state index is -0.130. The maximum Gasteiger partial charge on any atom is 0.122 e. The molecule has 1 aliphatic heterocycles. The van der Waals surface area contributed by atoms with E-state index in [0.29, 0.717) is 0 Å². The molecule has 0 radical (unpaired) electrons. The Bertz CT molecular complexity index is 505. The molecule has 21 heavy (non-hydrogen) atoms. The summed E-state index contributed by atoms with van der Waals surface area (Å²) in [6.45, 7) is 3.34. The van der Waals surface area contributed by atoms with Crippen LogP contribution in [0.3, 0.4) is 0 Å². The van der Waals surface area contributed by atoms with Gasteiger partial charge in [-0.2, -0.15) is 0 Å². The fourth-order valence-electron chi connectivity index (χ4n) is 3.78. The van der Waals surface area contributed by atoms with Gasteiger partial charge >= 0.3 is 0 Å². The molecule has 3 rings (SSSR count). The molecule has 114 valence electrons. The van der Waals surface area contributed by atoms with E-state index in [1.54, 1.807) is 0 Å². The summed E-state index contributed by atoms with van der Waals surface area (Å²) in [5, 5.41) is 9.62. The lowest BCUT2D eigenvalue weighted by Gasteiger charge is -2.50. The van der Waals surface area contributed by atoms with Gasteiger partial charge in [-0.3, -0.25) is 0 Å². The molecule has 1 heterocycles. The first-order valence-corrected chi connectivity index (χ1v) is 8.84. The number of aliphatic hydroxyl groups excluding tert-OH is 1. The van der Waals surface area contributed by atoms with Gasteiger partial charge in [0.25, 0.3) is 0 Å². The molecule has 1 aromatic rings. The van der Waals surface area contributed by atoms with E-state index in [-0.39, 0.29) is 17.0 Å². The van der Waals surface area contributed by atoms with Crippen molar-refractivity contribution in [2.75, 3.05) is 19.0 Å². The standard InChI is InChI=1S/C18H24O2S/c1-17(10-11-19)16(14-15-6-3-2-4-7-15)8-5-9-18(17)20-12-13-21-18/h2-4,6-7,14,19H,5,8-13H2,1H3/b16-14+/t17-,18+/m0/s1. The van der Waals surface area contributed by atoms with E-state index in [2.05, 4.69) is 37.3 Å². The molecule has 1 aliphatic carbocycles. The number of rotatable bonds is 3. The molecule has 1 saturated carbocycles. The Morgan fingerprint density at radius 3 is 2.81 bits per heavy atom. The van der Waals surface area contributed by atoms with E-state index >= 15 is 0 Å². The Morgan fingerprint density at radius 2 is 2.14 bits per heavy atom. The molecule has 0 amide bonds. The summed E-state index contributed by atoms with van der Waals surface area (Å²) in [6.07, 6.45) is 6.47. The third-order valence-corrected chi connectivity index (χ3v) is 6.62. The van der Waals surface area contributed by atoms with Gasteiger partial charge in [0.05, 0.1) is 6.61 Å². The van der Waals surface area contributed by atoms with Crippen molar-refractivity contribution in [3.8, 4) is 0 Å². The maximum absolute atomic E-state index is 9.62. The van der Waals surface area contributed by atoms with Crippen molar-refractivity contribution in [2.24, 2.45) is 5.41 Å². The van der Waals surface area contributed by atoms with Gasteiger partial charge in [0.1, 0.15) is 4.93 Å². The third kappa shape index (κ3) is 2.67. The van der Waals surface area contributed by atoms with Gasteiger partial charge in [0, 0.05) is 17.8 Å². The van der Waals surface area contributed by atoms with Gasteiger partial charge in [-0.1, -0.05) is 48.9 Å².